The van der Waals surface area contributed by atoms with Gasteiger partial charge in [0.05, 0.1) is 0 Å². The molecule has 2 aromatic rings. The van der Waals surface area contributed by atoms with E-state index >= 15 is 0 Å². The maximum atomic E-state index is 14.5. The topological polar surface area (TPSA) is 108 Å². The Labute approximate surface area is 243 Å². The normalized spacial score (nSPS) is 17.3. The van der Waals surface area contributed by atoms with Gasteiger partial charge in [0.15, 0.2) is 0 Å². The van der Waals surface area contributed by atoms with E-state index < -0.39 is 23.8 Å². The number of nitrogens with one attached hydrogen (secondary N) is 2. The summed E-state index contributed by atoms with van der Waals surface area (Å²) in [5.74, 6) is -0.386. The third-order valence-corrected chi connectivity index (χ3v) is 7.74. The van der Waals surface area contributed by atoms with Crippen molar-refractivity contribution in [3.8, 4) is 5.75 Å². The van der Waals surface area contributed by atoms with Gasteiger partial charge in [0.25, 0.3) is 0 Å². The first-order chi connectivity index (χ1) is 19.5. The maximum absolute atomic E-state index is 14.5. The van der Waals surface area contributed by atoms with Crippen molar-refractivity contribution >= 4 is 17.9 Å². The zero-order valence-electron chi connectivity index (χ0n) is 24.8. The van der Waals surface area contributed by atoms with E-state index in [1.165, 1.54) is 6.42 Å². The standard InChI is InChI=1S/C33H45N3O5/c1-5-22-11-15-24(16-12-22)29(30(38)34-25-9-7-6-8-10-25)36(26-17-18-26)31(39)28(35-32(40)41-33(2,3)4)21-23-13-19-27(37)20-14-23/h11-16,19-20,25-26,28-29,37H,5-10,17-18,21H2,1-4H3,(H,34,38)(H,35,40). The van der Waals surface area contributed by atoms with Crippen LogP contribution < -0.4 is 10.6 Å². The maximum Gasteiger partial charge on any atom is 0.408 e. The second kappa shape index (κ2) is 13.4. The van der Waals surface area contributed by atoms with Gasteiger partial charge in [-0.25, -0.2) is 4.79 Å². The molecule has 0 spiro atoms. The van der Waals surface area contributed by atoms with Gasteiger partial charge in [0.1, 0.15) is 23.4 Å². The minimum absolute atomic E-state index is 0.0949. The number of alkyl carbamates (subject to hydrolysis) is 1. The summed E-state index contributed by atoms with van der Waals surface area (Å²) in [6.07, 6.45) is 7.18. The van der Waals surface area contributed by atoms with Crippen molar-refractivity contribution in [2.75, 3.05) is 0 Å². The van der Waals surface area contributed by atoms with E-state index in [9.17, 15) is 19.5 Å². The van der Waals surface area contributed by atoms with Crippen LogP contribution in [0.15, 0.2) is 48.5 Å². The molecule has 2 fully saturated rings. The molecule has 2 unspecified atom stereocenters. The Morgan fingerprint density at radius 1 is 0.927 bits per heavy atom. The molecule has 41 heavy (non-hydrogen) atoms. The average Bonchev–Trinajstić information content (AvgIpc) is 3.77. The van der Waals surface area contributed by atoms with Gasteiger partial charge in [0, 0.05) is 18.5 Å². The molecule has 8 heteroatoms. The molecule has 222 valence electrons. The molecule has 3 amide bonds. The lowest BCUT2D eigenvalue weighted by atomic mass is 9.94. The van der Waals surface area contributed by atoms with Crippen LogP contribution in [-0.2, 0) is 27.2 Å². The number of aromatic hydroxyl groups is 1. The van der Waals surface area contributed by atoms with E-state index in [2.05, 4.69) is 17.6 Å². The number of amides is 3. The molecule has 2 aromatic carbocycles. The number of phenols is 1. The van der Waals surface area contributed by atoms with Gasteiger partial charge in [-0.2, -0.15) is 0 Å². The minimum Gasteiger partial charge on any atom is -0.508 e. The highest BCUT2D eigenvalue weighted by atomic mass is 16.6. The molecule has 2 aliphatic carbocycles. The number of benzene rings is 2. The summed E-state index contributed by atoms with van der Waals surface area (Å²) in [6.45, 7) is 7.39. The van der Waals surface area contributed by atoms with Gasteiger partial charge >= 0.3 is 6.09 Å². The molecule has 0 bridgehead atoms. The zero-order valence-corrected chi connectivity index (χ0v) is 24.8. The Hall–Kier alpha value is -3.55. The van der Waals surface area contributed by atoms with Crippen molar-refractivity contribution < 1.29 is 24.2 Å². The summed E-state index contributed by atoms with van der Waals surface area (Å²) >= 11 is 0. The molecular weight excluding hydrogens is 518 g/mol. The van der Waals surface area contributed by atoms with Crippen molar-refractivity contribution in [1.82, 2.24) is 15.5 Å². The van der Waals surface area contributed by atoms with Gasteiger partial charge < -0.3 is 25.4 Å². The van der Waals surface area contributed by atoms with E-state index in [4.69, 9.17) is 4.74 Å². The smallest absolute Gasteiger partial charge is 0.408 e. The Kier molecular flexibility index (Phi) is 9.94. The lowest BCUT2D eigenvalue weighted by Gasteiger charge is -2.36. The molecule has 2 saturated carbocycles. The quantitative estimate of drug-likeness (QED) is 0.350. The van der Waals surface area contributed by atoms with Crippen LogP contribution in [0.1, 0.15) is 95.4 Å². The molecule has 0 radical (unpaired) electrons. The van der Waals surface area contributed by atoms with E-state index in [-0.39, 0.29) is 36.1 Å². The summed E-state index contributed by atoms with van der Waals surface area (Å²) in [5.41, 5.74) is 1.94. The van der Waals surface area contributed by atoms with E-state index in [1.54, 1.807) is 49.9 Å². The first-order valence-electron chi connectivity index (χ1n) is 15.0. The lowest BCUT2D eigenvalue weighted by Crippen LogP contribution is -2.55. The summed E-state index contributed by atoms with van der Waals surface area (Å²) < 4.78 is 5.51. The lowest BCUT2D eigenvalue weighted by molar-refractivity contribution is -0.143. The average molecular weight is 564 g/mol. The van der Waals surface area contributed by atoms with Crippen LogP contribution in [0.3, 0.4) is 0 Å². The van der Waals surface area contributed by atoms with Crippen molar-refractivity contribution in [2.24, 2.45) is 0 Å². The molecule has 4 rings (SSSR count). The highest BCUT2D eigenvalue weighted by molar-refractivity contribution is 5.93. The second-order valence-corrected chi connectivity index (χ2v) is 12.4. The van der Waals surface area contributed by atoms with Gasteiger partial charge in [-0.05, 0) is 81.7 Å². The van der Waals surface area contributed by atoms with Crippen LogP contribution in [0.2, 0.25) is 0 Å². The highest BCUT2D eigenvalue weighted by Gasteiger charge is 2.44. The van der Waals surface area contributed by atoms with Crippen LogP contribution in [0, 0.1) is 0 Å². The van der Waals surface area contributed by atoms with Crippen LogP contribution in [0.25, 0.3) is 0 Å². The number of carbonyl (C=O) groups is 3. The van der Waals surface area contributed by atoms with E-state index in [0.717, 1.165) is 61.6 Å². The molecule has 0 aromatic heterocycles. The van der Waals surface area contributed by atoms with Crippen molar-refractivity contribution in [3.63, 3.8) is 0 Å². The van der Waals surface area contributed by atoms with E-state index in [1.807, 2.05) is 24.3 Å². The number of phenolic OH excluding ortho intramolecular Hbond substituents is 1. The van der Waals surface area contributed by atoms with Crippen molar-refractivity contribution in [1.29, 1.82) is 0 Å². The summed E-state index contributed by atoms with van der Waals surface area (Å²) in [5, 5.41) is 15.8. The Morgan fingerprint density at radius 2 is 1.54 bits per heavy atom. The number of rotatable bonds is 10. The fourth-order valence-electron chi connectivity index (χ4n) is 5.47. The number of carbonyl (C=O) groups excluding carboxylic acids is 3. The molecule has 0 heterocycles. The van der Waals surface area contributed by atoms with Crippen LogP contribution in [-0.4, -0.2) is 51.6 Å². The molecule has 3 N–H and O–H groups in total. The second-order valence-electron chi connectivity index (χ2n) is 12.4. The third-order valence-electron chi connectivity index (χ3n) is 7.74. The number of hydrogen-bond acceptors (Lipinski definition) is 5. The predicted molar refractivity (Wildman–Crippen MR) is 158 cm³/mol. The molecule has 0 aliphatic heterocycles. The predicted octanol–water partition coefficient (Wildman–Crippen LogP) is 5.57. The SMILES string of the molecule is CCc1ccc(C(C(=O)NC2CCCCC2)N(C(=O)C(Cc2ccc(O)cc2)NC(=O)OC(C)(C)C)C2CC2)cc1. The number of aryl methyl sites for hydroxylation is 1. The number of hydrogen-bond donors (Lipinski definition) is 3. The molecular formula is C33H45N3O5. The van der Waals surface area contributed by atoms with Crippen LogP contribution >= 0.6 is 0 Å². The first-order valence-corrected chi connectivity index (χ1v) is 15.0. The Balaban J connectivity index is 1.68. The van der Waals surface area contributed by atoms with Gasteiger partial charge in [0.2, 0.25) is 11.8 Å². The zero-order chi connectivity index (χ0) is 29.6. The number of ether oxygens (including phenoxy) is 1. The van der Waals surface area contributed by atoms with E-state index in [0.29, 0.717) is 0 Å². The van der Waals surface area contributed by atoms with Crippen LogP contribution in [0.4, 0.5) is 4.79 Å². The monoisotopic (exact) mass is 563 g/mol. The third kappa shape index (κ3) is 8.72. The number of nitrogens with zero attached hydrogens (tertiary/aromatic N) is 1. The molecule has 8 nitrogen and oxygen atoms in total. The summed E-state index contributed by atoms with van der Waals surface area (Å²) in [7, 11) is 0. The molecule has 2 atom stereocenters. The fraction of sp³-hybridized carbons (Fsp3) is 0.545. The Bertz CT molecular complexity index is 1180. The first kappa shape index (κ1) is 30.4. The van der Waals surface area contributed by atoms with Crippen molar-refractivity contribution in [3.05, 3.63) is 65.2 Å². The summed E-state index contributed by atoms with van der Waals surface area (Å²) in [6, 6.07) is 12.7. The van der Waals surface area contributed by atoms with Crippen LogP contribution in [0.5, 0.6) is 5.75 Å². The van der Waals surface area contributed by atoms with Gasteiger partial charge in [-0.15, -0.1) is 0 Å². The fourth-order valence-corrected chi connectivity index (χ4v) is 5.47. The molecule has 2 aliphatic rings. The largest absolute Gasteiger partial charge is 0.508 e. The highest BCUT2D eigenvalue weighted by Crippen LogP contribution is 2.36. The van der Waals surface area contributed by atoms with Gasteiger partial charge in [-0.1, -0.05) is 62.6 Å². The minimum atomic E-state index is -0.963. The van der Waals surface area contributed by atoms with Gasteiger partial charge in [-0.3, -0.25) is 9.59 Å². The Morgan fingerprint density at radius 3 is 2.10 bits per heavy atom. The molecule has 0 saturated heterocycles. The van der Waals surface area contributed by atoms with Crippen molar-refractivity contribution in [2.45, 2.75) is 115 Å². The summed E-state index contributed by atoms with van der Waals surface area (Å²) in [4.78, 5) is 43.1.